The van der Waals surface area contributed by atoms with Gasteiger partial charge in [0.15, 0.2) is 5.65 Å². The highest BCUT2D eigenvalue weighted by Gasteiger charge is 2.15. The van der Waals surface area contributed by atoms with Crippen molar-refractivity contribution >= 4 is 28.0 Å². The predicted octanol–water partition coefficient (Wildman–Crippen LogP) is 3.99. The maximum atomic E-state index is 12.4. The topological polar surface area (TPSA) is 74.6 Å². The van der Waals surface area contributed by atoms with Crippen LogP contribution in [0.25, 0.3) is 38.7 Å². The average Bonchev–Trinajstić information content (AvgIpc) is 3.35. The Balaban J connectivity index is 1.36. The van der Waals surface area contributed by atoms with Gasteiger partial charge in [0.1, 0.15) is 0 Å². The molecule has 1 amide bonds. The predicted molar refractivity (Wildman–Crippen MR) is 140 cm³/mol. The van der Waals surface area contributed by atoms with Crippen LogP contribution in [-0.2, 0) is 0 Å². The average molecular weight is 463 g/mol. The summed E-state index contributed by atoms with van der Waals surface area (Å²) in [5.74, 6) is -0.0987. The first-order chi connectivity index (χ1) is 17.2. The van der Waals surface area contributed by atoms with Crippen LogP contribution >= 0.6 is 0 Å². The van der Waals surface area contributed by atoms with Crippen molar-refractivity contribution in [2.24, 2.45) is 0 Å². The number of nitrogens with zero attached hydrogens (tertiary/aromatic N) is 4. The Morgan fingerprint density at radius 1 is 0.886 bits per heavy atom. The third-order valence-electron chi connectivity index (χ3n) is 6.72. The quantitative estimate of drug-likeness (QED) is 0.423. The number of amides is 1. The van der Waals surface area contributed by atoms with Crippen molar-refractivity contribution in [2.75, 3.05) is 38.1 Å². The molecule has 1 aliphatic heterocycles. The van der Waals surface area contributed by atoms with Crippen LogP contribution in [0.5, 0.6) is 0 Å². The van der Waals surface area contributed by atoms with Crippen LogP contribution in [0.15, 0.2) is 79.3 Å². The zero-order valence-corrected chi connectivity index (χ0v) is 19.5. The smallest absolute Gasteiger partial charge is 0.251 e. The molecule has 0 saturated carbocycles. The fourth-order valence-corrected chi connectivity index (χ4v) is 4.88. The molecule has 3 aromatic carbocycles. The monoisotopic (exact) mass is 462 g/mol. The Morgan fingerprint density at radius 3 is 2.46 bits per heavy atom. The summed E-state index contributed by atoms with van der Waals surface area (Å²) in [4.78, 5) is 19.6. The van der Waals surface area contributed by atoms with Crippen LogP contribution < -0.4 is 15.5 Å². The lowest BCUT2D eigenvalue weighted by Crippen LogP contribution is -2.43. The van der Waals surface area contributed by atoms with Gasteiger partial charge in [-0.15, -0.1) is 0 Å². The molecule has 174 valence electrons. The van der Waals surface area contributed by atoms with Gasteiger partial charge in [-0.3, -0.25) is 4.79 Å². The largest absolute Gasteiger partial charge is 0.369 e. The number of nitrogens with one attached hydrogen (secondary N) is 2. The lowest BCUT2D eigenvalue weighted by Gasteiger charge is -2.29. The van der Waals surface area contributed by atoms with E-state index >= 15 is 0 Å². The minimum Gasteiger partial charge on any atom is -0.369 e. The van der Waals surface area contributed by atoms with E-state index in [1.54, 1.807) is 7.05 Å². The number of hydrogen-bond acceptors (Lipinski definition) is 5. The van der Waals surface area contributed by atoms with Crippen LogP contribution in [0.3, 0.4) is 0 Å². The first-order valence-electron chi connectivity index (χ1n) is 11.9. The van der Waals surface area contributed by atoms with E-state index in [0.717, 1.165) is 64.9 Å². The van der Waals surface area contributed by atoms with Crippen LogP contribution in [-0.4, -0.2) is 53.7 Å². The number of carbonyl (C=O) groups excluding carboxylic acids is 1. The summed E-state index contributed by atoms with van der Waals surface area (Å²) < 4.78 is 1.83. The van der Waals surface area contributed by atoms with Gasteiger partial charge < -0.3 is 15.5 Å². The van der Waals surface area contributed by atoms with E-state index in [1.165, 1.54) is 5.69 Å². The summed E-state index contributed by atoms with van der Waals surface area (Å²) in [6.07, 6.45) is 5.77. The number of anilines is 1. The van der Waals surface area contributed by atoms with E-state index in [-0.39, 0.29) is 5.91 Å². The Morgan fingerprint density at radius 2 is 1.66 bits per heavy atom. The van der Waals surface area contributed by atoms with Crippen LogP contribution in [0.2, 0.25) is 0 Å². The molecule has 5 aromatic rings. The van der Waals surface area contributed by atoms with Gasteiger partial charge >= 0.3 is 0 Å². The molecular formula is C28H26N6O. The third kappa shape index (κ3) is 3.80. The van der Waals surface area contributed by atoms with Gasteiger partial charge in [0.25, 0.3) is 5.91 Å². The molecule has 1 aliphatic rings. The second kappa shape index (κ2) is 8.85. The van der Waals surface area contributed by atoms with Gasteiger partial charge in [0.05, 0.1) is 6.20 Å². The SMILES string of the molecule is CNC(=O)c1cccc2c(-c3cnn4cc(-c5ccc(N6CCNCC6)cc5)cnc34)cccc12. The first kappa shape index (κ1) is 21.3. The molecule has 6 rings (SSSR count). The fourth-order valence-electron chi connectivity index (χ4n) is 4.88. The van der Waals surface area contributed by atoms with E-state index in [4.69, 9.17) is 4.98 Å². The molecule has 7 nitrogen and oxygen atoms in total. The van der Waals surface area contributed by atoms with Crippen molar-refractivity contribution in [3.8, 4) is 22.3 Å². The molecule has 0 spiro atoms. The Kier molecular flexibility index (Phi) is 5.39. The summed E-state index contributed by atoms with van der Waals surface area (Å²) in [7, 11) is 1.65. The van der Waals surface area contributed by atoms with Gasteiger partial charge in [-0.1, -0.05) is 42.5 Å². The summed E-state index contributed by atoms with van der Waals surface area (Å²) in [6, 6.07) is 20.5. The van der Waals surface area contributed by atoms with Gasteiger partial charge in [0.2, 0.25) is 0 Å². The second-order valence-corrected chi connectivity index (χ2v) is 8.74. The van der Waals surface area contributed by atoms with Crippen molar-refractivity contribution in [1.29, 1.82) is 0 Å². The number of fused-ring (bicyclic) bond motifs is 2. The normalized spacial score (nSPS) is 13.9. The molecule has 7 heteroatoms. The maximum Gasteiger partial charge on any atom is 0.251 e. The summed E-state index contributed by atoms with van der Waals surface area (Å²) >= 11 is 0. The van der Waals surface area contributed by atoms with Crippen LogP contribution in [0, 0.1) is 0 Å². The molecule has 3 heterocycles. The van der Waals surface area contributed by atoms with E-state index in [9.17, 15) is 4.79 Å². The van der Waals surface area contributed by atoms with E-state index in [1.807, 2.05) is 53.4 Å². The molecule has 0 bridgehead atoms. The Labute approximate surface area is 203 Å². The van der Waals surface area contributed by atoms with Crippen molar-refractivity contribution in [3.05, 3.63) is 84.8 Å². The van der Waals surface area contributed by atoms with Crippen molar-refractivity contribution in [2.45, 2.75) is 0 Å². The fraction of sp³-hybridized carbons (Fsp3) is 0.179. The number of aromatic nitrogens is 3. The van der Waals surface area contributed by atoms with Gasteiger partial charge in [0, 0.05) is 68.0 Å². The van der Waals surface area contributed by atoms with Crippen molar-refractivity contribution < 1.29 is 4.79 Å². The zero-order valence-electron chi connectivity index (χ0n) is 19.5. The zero-order chi connectivity index (χ0) is 23.8. The molecule has 2 N–H and O–H groups in total. The summed E-state index contributed by atoms with van der Waals surface area (Å²) in [5.41, 5.74) is 6.74. The van der Waals surface area contributed by atoms with Crippen LogP contribution in [0.1, 0.15) is 10.4 Å². The van der Waals surface area contributed by atoms with Crippen molar-refractivity contribution in [3.63, 3.8) is 0 Å². The molecule has 0 radical (unpaired) electrons. The molecule has 35 heavy (non-hydrogen) atoms. The van der Waals surface area contributed by atoms with Gasteiger partial charge in [-0.25, -0.2) is 9.50 Å². The van der Waals surface area contributed by atoms with Gasteiger partial charge in [-0.2, -0.15) is 5.10 Å². The first-order valence-corrected chi connectivity index (χ1v) is 11.9. The minimum atomic E-state index is -0.0987. The molecule has 2 aromatic heterocycles. The molecule has 1 fully saturated rings. The van der Waals surface area contributed by atoms with Crippen molar-refractivity contribution in [1.82, 2.24) is 25.2 Å². The number of rotatable bonds is 4. The third-order valence-corrected chi connectivity index (χ3v) is 6.72. The molecule has 0 atom stereocenters. The van der Waals surface area contributed by atoms with Gasteiger partial charge in [-0.05, 0) is 40.1 Å². The maximum absolute atomic E-state index is 12.4. The summed E-state index contributed by atoms with van der Waals surface area (Å²) in [6.45, 7) is 4.10. The number of carbonyl (C=O) groups is 1. The Bertz CT molecular complexity index is 1530. The standard InChI is InChI=1S/C28H26N6O/c1-29-28(35)25-7-3-4-22-23(25)5-2-6-24(22)26-17-32-34-18-20(16-31-27(26)34)19-8-10-21(11-9-19)33-14-12-30-13-15-33/h2-11,16-18,30H,12-15H2,1H3,(H,29,35). The molecule has 0 unspecified atom stereocenters. The van der Waals surface area contributed by atoms with E-state index in [2.05, 4.69) is 51.0 Å². The lowest BCUT2D eigenvalue weighted by atomic mass is 9.96. The number of piperazine rings is 1. The molecule has 1 saturated heterocycles. The molecular weight excluding hydrogens is 436 g/mol. The highest BCUT2D eigenvalue weighted by atomic mass is 16.1. The number of hydrogen-bond donors (Lipinski definition) is 2. The minimum absolute atomic E-state index is 0.0987. The van der Waals surface area contributed by atoms with Crippen LogP contribution in [0.4, 0.5) is 5.69 Å². The Hall–Kier alpha value is -4.23. The lowest BCUT2D eigenvalue weighted by molar-refractivity contribution is 0.0964. The van der Waals surface area contributed by atoms with E-state index < -0.39 is 0 Å². The molecule has 0 aliphatic carbocycles. The summed E-state index contributed by atoms with van der Waals surface area (Å²) in [5, 5.41) is 12.6. The second-order valence-electron chi connectivity index (χ2n) is 8.74. The highest BCUT2D eigenvalue weighted by Crippen LogP contribution is 2.33. The number of benzene rings is 3. The highest BCUT2D eigenvalue weighted by molar-refractivity contribution is 6.11. The van der Waals surface area contributed by atoms with E-state index in [0.29, 0.717) is 5.56 Å².